The van der Waals surface area contributed by atoms with Crippen molar-refractivity contribution in [3.63, 3.8) is 0 Å². The van der Waals surface area contributed by atoms with E-state index in [1.54, 1.807) is 0 Å². The van der Waals surface area contributed by atoms with Crippen LogP contribution in [0.2, 0.25) is 12.1 Å². The van der Waals surface area contributed by atoms with Crippen LogP contribution in [-0.4, -0.2) is 14.7 Å². The van der Waals surface area contributed by atoms with Gasteiger partial charge >= 0.3 is 0 Å². The molecule has 47 heavy (non-hydrogen) atoms. The standard InChI is InChI=1S/C45H42OSi/c1-5-27-46-44-40(35-21-15-10-16-22-35)28-32(4)29-43(44)47(6-2,7-3)45-41-30-36(33-17-11-8-12-18-33)23-25-38(41)39-26-24-37(31-42(39)45)34-19-13-9-14-20-34/h5,8-26,28-31,45H,1,6-7,27H2,2-4H3. The molecule has 0 atom stereocenters. The third kappa shape index (κ3) is 5.47. The maximum absolute atomic E-state index is 6.77. The first-order valence-corrected chi connectivity index (χ1v) is 19.4. The average Bonchev–Trinajstić information content (AvgIpc) is 3.46. The van der Waals surface area contributed by atoms with Crippen LogP contribution in [0.4, 0.5) is 0 Å². The second-order valence-electron chi connectivity index (χ2n) is 12.8. The maximum Gasteiger partial charge on any atom is 0.126 e. The molecule has 0 bridgehead atoms. The molecular weight excluding hydrogens is 585 g/mol. The van der Waals surface area contributed by atoms with Crippen molar-refractivity contribution in [2.24, 2.45) is 0 Å². The molecule has 0 fully saturated rings. The fourth-order valence-electron chi connectivity index (χ4n) is 7.94. The normalized spacial score (nSPS) is 12.4. The van der Waals surface area contributed by atoms with E-state index in [1.807, 2.05) is 6.08 Å². The quantitative estimate of drug-likeness (QED) is 0.109. The number of ether oxygens (including phenoxy) is 1. The monoisotopic (exact) mass is 626 g/mol. The molecule has 232 valence electrons. The van der Waals surface area contributed by atoms with Crippen LogP contribution in [0.15, 0.2) is 152 Å². The largest absolute Gasteiger partial charge is 0.489 e. The van der Waals surface area contributed by atoms with Crippen molar-refractivity contribution in [2.45, 2.75) is 38.4 Å². The molecule has 0 N–H and O–H groups in total. The minimum atomic E-state index is -2.39. The van der Waals surface area contributed by atoms with Crippen LogP contribution in [0.25, 0.3) is 44.5 Å². The van der Waals surface area contributed by atoms with Gasteiger partial charge in [-0.1, -0.05) is 178 Å². The van der Waals surface area contributed by atoms with Gasteiger partial charge in [0.05, 0.1) is 0 Å². The highest BCUT2D eigenvalue weighted by Crippen LogP contribution is 2.53. The van der Waals surface area contributed by atoms with Crippen molar-refractivity contribution in [1.82, 2.24) is 0 Å². The van der Waals surface area contributed by atoms with Crippen LogP contribution >= 0.6 is 0 Å². The highest BCUT2D eigenvalue weighted by atomic mass is 28.3. The van der Waals surface area contributed by atoms with E-state index in [0.717, 1.165) is 17.8 Å². The second-order valence-corrected chi connectivity index (χ2v) is 17.6. The van der Waals surface area contributed by atoms with Gasteiger partial charge in [0, 0.05) is 11.1 Å². The molecule has 0 radical (unpaired) electrons. The molecule has 6 aromatic rings. The van der Waals surface area contributed by atoms with Crippen molar-refractivity contribution < 1.29 is 4.74 Å². The zero-order chi connectivity index (χ0) is 32.4. The minimum absolute atomic E-state index is 0.270. The van der Waals surface area contributed by atoms with E-state index in [2.05, 4.69) is 167 Å². The predicted octanol–water partition coefficient (Wildman–Crippen LogP) is 11.6. The Balaban J connectivity index is 1.52. The van der Waals surface area contributed by atoms with Crippen molar-refractivity contribution in [3.05, 3.63) is 169 Å². The van der Waals surface area contributed by atoms with Crippen LogP contribution in [0.1, 0.15) is 36.1 Å². The number of hydrogen-bond acceptors (Lipinski definition) is 1. The van der Waals surface area contributed by atoms with Crippen molar-refractivity contribution >= 4 is 13.3 Å². The zero-order valence-corrected chi connectivity index (χ0v) is 28.7. The van der Waals surface area contributed by atoms with E-state index < -0.39 is 8.07 Å². The van der Waals surface area contributed by atoms with E-state index in [-0.39, 0.29) is 5.54 Å². The van der Waals surface area contributed by atoms with Gasteiger partial charge in [0.15, 0.2) is 0 Å². The summed E-state index contributed by atoms with van der Waals surface area (Å²) in [5, 5.41) is 1.42. The summed E-state index contributed by atoms with van der Waals surface area (Å²) < 4.78 is 6.77. The van der Waals surface area contributed by atoms with Gasteiger partial charge in [-0.25, -0.2) is 0 Å². The molecular formula is C45H42OSi. The molecule has 1 nitrogen and oxygen atoms in total. The third-order valence-electron chi connectivity index (χ3n) is 10.2. The molecule has 0 spiro atoms. The highest BCUT2D eigenvalue weighted by Gasteiger charge is 2.48. The van der Waals surface area contributed by atoms with E-state index in [9.17, 15) is 0 Å². The number of hydrogen-bond donors (Lipinski definition) is 0. The second kappa shape index (κ2) is 13.1. The van der Waals surface area contributed by atoms with Crippen LogP contribution < -0.4 is 9.92 Å². The molecule has 0 unspecified atom stereocenters. The molecule has 0 aromatic heterocycles. The van der Waals surface area contributed by atoms with Gasteiger partial charge in [0.1, 0.15) is 20.4 Å². The molecule has 1 aliphatic rings. The lowest BCUT2D eigenvalue weighted by Crippen LogP contribution is -2.53. The predicted molar refractivity (Wildman–Crippen MR) is 203 cm³/mol. The Hall–Kier alpha value is -4.92. The molecule has 0 amide bonds. The Kier molecular flexibility index (Phi) is 8.53. The number of fused-ring (bicyclic) bond motifs is 3. The molecule has 6 aromatic carbocycles. The Morgan fingerprint density at radius 1 is 0.574 bits per heavy atom. The summed E-state index contributed by atoms with van der Waals surface area (Å²) in [6.45, 7) is 11.6. The molecule has 0 aliphatic heterocycles. The lowest BCUT2D eigenvalue weighted by atomic mass is 9.98. The molecule has 1 aliphatic carbocycles. The van der Waals surface area contributed by atoms with E-state index in [0.29, 0.717) is 6.61 Å². The lowest BCUT2D eigenvalue weighted by molar-refractivity contribution is 0.367. The highest BCUT2D eigenvalue weighted by molar-refractivity contribution is 6.94. The van der Waals surface area contributed by atoms with Crippen LogP contribution in [0.5, 0.6) is 5.75 Å². The molecule has 2 heteroatoms. The Morgan fingerprint density at radius 2 is 1.06 bits per heavy atom. The smallest absolute Gasteiger partial charge is 0.126 e. The molecule has 0 saturated heterocycles. The third-order valence-corrected chi connectivity index (χ3v) is 15.9. The van der Waals surface area contributed by atoms with E-state index >= 15 is 0 Å². The Bertz CT molecular complexity index is 1940. The van der Waals surface area contributed by atoms with Gasteiger partial charge in [-0.3, -0.25) is 0 Å². The summed E-state index contributed by atoms with van der Waals surface area (Å²) in [4.78, 5) is 0. The molecule has 7 rings (SSSR count). The van der Waals surface area contributed by atoms with Crippen molar-refractivity contribution in [3.8, 4) is 50.3 Å². The average molecular weight is 627 g/mol. The Labute approximate surface area is 281 Å². The van der Waals surface area contributed by atoms with Gasteiger partial charge in [0.2, 0.25) is 0 Å². The minimum Gasteiger partial charge on any atom is -0.489 e. The summed E-state index contributed by atoms with van der Waals surface area (Å²) in [5.74, 6) is 1.03. The van der Waals surface area contributed by atoms with Gasteiger partial charge in [-0.15, -0.1) is 0 Å². The van der Waals surface area contributed by atoms with E-state index in [1.165, 1.54) is 66.4 Å². The van der Waals surface area contributed by atoms with Gasteiger partial charge in [-0.2, -0.15) is 0 Å². The summed E-state index contributed by atoms with van der Waals surface area (Å²) >= 11 is 0. The van der Waals surface area contributed by atoms with Crippen LogP contribution in [-0.2, 0) is 0 Å². The number of benzene rings is 6. The summed E-state index contributed by atoms with van der Waals surface area (Å²) in [6, 6.07) is 53.7. The summed E-state index contributed by atoms with van der Waals surface area (Å²) in [6.07, 6.45) is 1.87. The maximum atomic E-state index is 6.77. The first-order valence-electron chi connectivity index (χ1n) is 16.9. The zero-order valence-electron chi connectivity index (χ0n) is 27.7. The first-order chi connectivity index (χ1) is 23.1. The van der Waals surface area contributed by atoms with Crippen molar-refractivity contribution in [1.29, 1.82) is 0 Å². The fourth-order valence-corrected chi connectivity index (χ4v) is 13.2. The fraction of sp³-hybridized carbons (Fsp3) is 0.156. The molecule has 0 saturated carbocycles. The SMILES string of the molecule is C=CCOc1c(-c2ccccc2)cc(C)cc1[Si](CC)(CC)C1c2cc(-c3ccccc3)ccc2-c2ccc(-c3ccccc3)cc21. The van der Waals surface area contributed by atoms with E-state index in [4.69, 9.17) is 4.74 Å². The van der Waals surface area contributed by atoms with Crippen LogP contribution in [0.3, 0.4) is 0 Å². The number of aryl methyl sites for hydroxylation is 1. The first kappa shape index (κ1) is 30.7. The van der Waals surface area contributed by atoms with Crippen molar-refractivity contribution in [2.75, 3.05) is 6.61 Å². The molecule has 0 heterocycles. The Morgan fingerprint density at radius 3 is 1.53 bits per heavy atom. The summed E-state index contributed by atoms with van der Waals surface area (Å²) in [7, 11) is -2.39. The van der Waals surface area contributed by atoms with Gasteiger partial charge < -0.3 is 4.74 Å². The van der Waals surface area contributed by atoms with Gasteiger partial charge in [0.25, 0.3) is 0 Å². The lowest BCUT2D eigenvalue weighted by Gasteiger charge is -2.39. The van der Waals surface area contributed by atoms with Crippen LogP contribution in [0, 0.1) is 6.92 Å². The van der Waals surface area contributed by atoms with Gasteiger partial charge in [-0.05, 0) is 68.2 Å². The number of rotatable bonds is 10. The summed E-state index contributed by atoms with van der Waals surface area (Å²) in [5.41, 5.74) is 14.6. The topological polar surface area (TPSA) is 9.23 Å².